The molecule has 2 heteroatoms. The van der Waals surface area contributed by atoms with Crippen molar-refractivity contribution in [1.29, 1.82) is 0 Å². The van der Waals surface area contributed by atoms with Crippen molar-refractivity contribution in [2.75, 3.05) is 0 Å². The molecule has 0 heterocycles. The molecule has 26 heavy (non-hydrogen) atoms. The molecule has 0 radical (unpaired) electrons. The summed E-state index contributed by atoms with van der Waals surface area (Å²) in [5.74, 6) is 0.771. The first kappa shape index (κ1) is 19.1. The molecule has 1 fully saturated rings. The Morgan fingerprint density at radius 2 is 1.54 bits per heavy atom. The van der Waals surface area contributed by atoms with Crippen LogP contribution in [-0.2, 0) is 6.42 Å². The van der Waals surface area contributed by atoms with Crippen molar-refractivity contribution < 1.29 is 8.78 Å². The Kier molecular flexibility index (Phi) is 6.11. The van der Waals surface area contributed by atoms with Gasteiger partial charge in [0, 0.05) is 0 Å². The zero-order chi connectivity index (χ0) is 18.7. The number of benzene rings is 2. The largest absolute Gasteiger partial charge is 0.206 e. The van der Waals surface area contributed by atoms with E-state index in [1.807, 2.05) is 26.0 Å². The minimum Gasteiger partial charge on any atom is -0.206 e. The van der Waals surface area contributed by atoms with Crippen molar-refractivity contribution in [3.8, 4) is 11.1 Å². The van der Waals surface area contributed by atoms with Crippen molar-refractivity contribution in [2.45, 2.75) is 65.7 Å². The normalized spacial score (nSPS) is 20.3. The fourth-order valence-electron chi connectivity index (χ4n) is 4.16. The van der Waals surface area contributed by atoms with Crippen LogP contribution >= 0.6 is 0 Å². The Morgan fingerprint density at radius 3 is 2.15 bits per heavy atom. The second kappa shape index (κ2) is 8.33. The first-order chi connectivity index (χ1) is 12.4. The highest BCUT2D eigenvalue weighted by atomic mass is 19.1. The number of hydrogen-bond acceptors (Lipinski definition) is 0. The first-order valence-corrected chi connectivity index (χ1v) is 9.99. The fourth-order valence-corrected chi connectivity index (χ4v) is 4.16. The van der Waals surface area contributed by atoms with Crippen molar-refractivity contribution in [2.24, 2.45) is 11.8 Å². The highest BCUT2D eigenvalue weighted by Crippen LogP contribution is 2.32. The highest BCUT2D eigenvalue weighted by molar-refractivity contribution is 5.66. The molecule has 0 bridgehead atoms. The van der Waals surface area contributed by atoms with Gasteiger partial charge < -0.3 is 0 Å². The van der Waals surface area contributed by atoms with E-state index < -0.39 is 11.6 Å². The number of rotatable bonds is 5. The van der Waals surface area contributed by atoms with Crippen LogP contribution in [-0.4, -0.2) is 0 Å². The average Bonchev–Trinajstić information content (AvgIpc) is 2.59. The number of halogens is 2. The van der Waals surface area contributed by atoms with Crippen molar-refractivity contribution in [1.82, 2.24) is 0 Å². The van der Waals surface area contributed by atoms with Crippen LogP contribution in [0, 0.1) is 37.3 Å². The van der Waals surface area contributed by atoms with Crippen LogP contribution in [0.25, 0.3) is 11.1 Å². The quantitative estimate of drug-likeness (QED) is 0.523. The minimum atomic E-state index is -0.449. The maximum Gasteiger partial charge on any atom is 0.134 e. The molecule has 0 N–H and O–H groups in total. The molecule has 0 saturated heterocycles. The topological polar surface area (TPSA) is 0 Å². The van der Waals surface area contributed by atoms with E-state index in [0.717, 1.165) is 41.4 Å². The van der Waals surface area contributed by atoms with E-state index in [1.54, 1.807) is 6.07 Å². The first-order valence-electron chi connectivity index (χ1n) is 9.99. The summed E-state index contributed by atoms with van der Waals surface area (Å²) in [5, 5.41) is 0. The summed E-state index contributed by atoms with van der Waals surface area (Å²) in [5.41, 5.74) is 3.66. The summed E-state index contributed by atoms with van der Waals surface area (Å²) < 4.78 is 29.2. The molecule has 1 aliphatic rings. The van der Waals surface area contributed by atoms with Crippen LogP contribution in [0.1, 0.15) is 62.1 Å². The second-order valence-electron chi connectivity index (χ2n) is 8.25. The summed E-state index contributed by atoms with van der Waals surface area (Å²) in [4.78, 5) is 0. The van der Waals surface area contributed by atoms with Gasteiger partial charge in [0.2, 0.25) is 0 Å². The highest BCUT2D eigenvalue weighted by Gasteiger charge is 2.18. The zero-order valence-corrected chi connectivity index (χ0v) is 16.2. The second-order valence-corrected chi connectivity index (χ2v) is 8.25. The monoisotopic (exact) mass is 356 g/mol. The lowest BCUT2D eigenvalue weighted by Crippen LogP contribution is -2.12. The molecule has 0 amide bonds. The Bertz CT molecular complexity index is 732. The van der Waals surface area contributed by atoms with Gasteiger partial charge in [-0.1, -0.05) is 57.2 Å². The standard InChI is InChI=1S/C24H30F2/c1-16-7-10-19(11-8-16)5-4-6-20-14-22(25)24(23(26)15-20)21-12-9-17(2)18(3)13-21/h9,12-16,19H,4-8,10-11H2,1-3H3. The van der Waals surface area contributed by atoms with E-state index in [-0.39, 0.29) is 5.56 Å². The molecular weight excluding hydrogens is 326 g/mol. The van der Waals surface area contributed by atoms with Crippen LogP contribution in [0.2, 0.25) is 0 Å². The Hall–Kier alpha value is -1.70. The lowest BCUT2D eigenvalue weighted by molar-refractivity contribution is 0.273. The van der Waals surface area contributed by atoms with Gasteiger partial charge >= 0.3 is 0 Å². The van der Waals surface area contributed by atoms with E-state index in [4.69, 9.17) is 0 Å². The molecule has 0 spiro atoms. The molecule has 0 aromatic heterocycles. The van der Waals surface area contributed by atoms with Crippen LogP contribution in [0.3, 0.4) is 0 Å². The molecule has 2 aromatic rings. The molecule has 0 nitrogen and oxygen atoms in total. The molecule has 1 aliphatic carbocycles. The maximum absolute atomic E-state index is 14.6. The number of aryl methyl sites for hydroxylation is 3. The van der Waals surface area contributed by atoms with Gasteiger partial charge in [0.25, 0.3) is 0 Å². The van der Waals surface area contributed by atoms with Gasteiger partial charge in [0.05, 0.1) is 5.56 Å². The minimum absolute atomic E-state index is 0.0955. The summed E-state index contributed by atoms with van der Waals surface area (Å²) in [6.07, 6.45) is 8.24. The third-order valence-electron chi connectivity index (χ3n) is 6.11. The molecule has 1 saturated carbocycles. The van der Waals surface area contributed by atoms with E-state index in [0.29, 0.717) is 5.56 Å². The molecule has 0 unspecified atom stereocenters. The van der Waals surface area contributed by atoms with Gasteiger partial charge in [-0.25, -0.2) is 8.78 Å². The van der Waals surface area contributed by atoms with Crippen molar-refractivity contribution in [3.05, 3.63) is 58.7 Å². The molecule has 140 valence electrons. The summed E-state index contributed by atoms with van der Waals surface area (Å²) in [6.45, 7) is 6.30. The Labute approximate surface area is 156 Å². The lowest BCUT2D eigenvalue weighted by Gasteiger charge is -2.26. The van der Waals surface area contributed by atoms with Gasteiger partial charge in [0.15, 0.2) is 0 Å². The van der Waals surface area contributed by atoms with Gasteiger partial charge in [-0.05, 0) is 72.9 Å². The van der Waals surface area contributed by atoms with Gasteiger partial charge in [-0.3, -0.25) is 0 Å². The Morgan fingerprint density at radius 1 is 0.885 bits per heavy atom. The average molecular weight is 357 g/mol. The molecule has 0 atom stereocenters. The summed E-state index contributed by atoms with van der Waals surface area (Å²) in [7, 11) is 0. The van der Waals surface area contributed by atoms with Crippen molar-refractivity contribution >= 4 is 0 Å². The number of hydrogen-bond donors (Lipinski definition) is 0. The van der Waals surface area contributed by atoms with Crippen LogP contribution in [0.4, 0.5) is 8.78 Å². The van der Waals surface area contributed by atoms with Crippen molar-refractivity contribution in [3.63, 3.8) is 0 Å². The third kappa shape index (κ3) is 4.52. The molecule has 3 rings (SSSR count). The fraction of sp³-hybridized carbons (Fsp3) is 0.500. The van der Waals surface area contributed by atoms with Crippen LogP contribution in [0.15, 0.2) is 30.3 Å². The molecule has 0 aliphatic heterocycles. The molecular formula is C24H30F2. The maximum atomic E-state index is 14.6. The van der Waals surface area contributed by atoms with E-state index in [1.165, 1.54) is 44.2 Å². The summed E-state index contributed by atoms with van der Waals surface area (Å²) >= 11 is 0. The zero-order valence-electron chi connectivity index (χ0n) is 16.2. The van der Waals surface area contributed by atoms with Crippen LogP contribution < -0.4 is 0 Å². The van der Waals surface area contributed by atoms with E-state index in [9.17, 15) is 8.78 Å². The SMILES string of the molecule is Cc1ccc(-c2c(F)cc(CCCC3CCC(C)CC3)cc2F)cc1C. The molecule has 2 aromatic carbocycles. The predicted molar refractivity (Wildman–Crippen MR) is 105 cm³/mol. The van der Waals surface area contributed by atoms with Gasteiger partial charge in [-0.15, -0.1) is 0 Å². The van der Waals surface area contributed by atoms with E-state index in [2.05, 4.69) is 6.92 Å². The smallest absolute Gasteiger partial charge is 0.134 e. The predicted octanol–water partition coefficient (Wildman–Crippen LogP) is 7.40. The Balaban J connectivity index is 1.66. The van der Waals surface area contributed by atoms with Gasteiger partial charge in [-0.2, -0.15) is 0 Å². The lowest BCUT2D eigenvalue weighted by atomic mass is 9.80. The van der Waals surface area contributed by atoms with Gasteiger partial charge in [0.1, 0.15) is 11.6 Å². The van der Waals surface area contributed by atoms with Crippen LogP contribution in [0.5, 0.6) is 0 Å². The summed E-state index contributed by atoms with van der Waals surface area (Å²) in [6, 6.07) is 8.63. The van der Waals surface area contributed by atoms with E-state index >= 15 is 0 Å². The third-order valence-corrected chi connectivity index (χ3v) is 6.11.